The lowest BCUT2D eigenvalue weighted by atomic mass is 10.0. The number of carbonyl (C=O) groups excluding carboxylic acids is 1. The number of hydrogen-bond donors (Lipinski definition) is 1. The molecule has 0 spiro atoms. The molecule has 1 atom stereocenters. The molecular weight excluding hydrogens is 407 g/mol. The Morgan fingerprint density at radius 3 is 2.70 bits per heavy atom. The molecule has 6 nitrogen and oxygen atoms in total. The number of benzene rings is 2. The third kappa shape index (κ3) is 4.49. The van der Waals surface area contributed by atoms with Gasteiger partial charge in [0.05, 0.1) is 23.3 Å². The summed E-state index contributed by atoms with van der Waals surface area (Å²) in [6.45, 7) is 4.24. The largest absolute Gasteiger partial charge is 0.495 e. The summed E-state index contributed by atoms with van der Waals surface area (Å²) in [6, 6.07) is 8.51. The predicted octanol–water partition coefficient (Wildman–Crippen LogP) is 4.35. The topological polar surface area (TPSA) is 75.7 Å². The van der Waals surface area contributed by atoms with Gasteiger partial charge in [0.25, 0.3) is 5.91 Å². The van der Waals surface area contributed by atoms with Gasteiger partial charge in [-0.25, -0.2) is 12.8 Å². The highest BCUT2D eigenvalue weighted by Crippen LogP contribution is 2.29. The molecule has 30 heavy (non-hydrogen) atoms. The molecule has 0 bridgehead atoms. The molecule has 162 valence electrons. The molecular formula is C22H27FN2O4S. The van der Waals surface area contributed by atoms with Gasteiger partial charge in [-0.2, -0.15) is 4.31 Å². The summed E-state index contributed by atoms with van der Waals surface area (Å²) in [6.07, 6.45) is 3.29. The van der Waals surface area contributed by atoms with Crippen molar-refractivity contribution in [3.8, 4) is 5.75 Å². The molecule has 1 aliphatic heterocycles. The number of nitrogens with zero attached hydrogens (tertiary/aromatic N) is 1. The van der Waals surface area contributed by atoms with Crippen LogP contribution in [0.5, 0.6) is 5.75 Å². The number of methoxy groups -OCH3 is 1. The highest BCUT2D eigenvalue weighted by atomic mass is 32.2. The Labute approximate surface area is 177 Å². The minimum absolute atomic E-state index is 0.0781. The molecule has 8 heteroatoms. The number of ether oxygens (including phenoxy) is 1. The van der Waals surface area contributed by atoms with E-state index in [0.29, 0.717) is 24.4 Å². The van der Waals surface area contributed by atoms with Gasteiger partial charge in [0.1, 0.15) is 11.6 Å². The number of carbonyl (C=O) groups is 1. The Hall–Kier alpha value is -2.45. The standard InChI is InChI=1S/C22H27FN2O4S/c1-4-16-7-5-6-12-25(16)30(27,28)17-9-10-19(23)18(14-17)22(26)24-20-13-15(2)8-11-21(20)29-3/h8-11,13-14,16H,4-7,12H2,1-3H3,(H,24,26)/t16-/m0/s1. The molecule has 1 aliphatic rings. The van der Waals surface area contributed by atoms with Crippen LogP contribution >= 0.6 is 0 Å². The number of hydrogen-bond acceptors (Lipinski definition) is 4. The van der Waals surface area contributed by atoms with Gasteiger partial charge in [-0.05, 0) is 62.1 Å². The fourth-order valence-corrected chi connectivity index (χ4v) is 5.58. The van der Waals surface area contributed by atoms with Gasteiger partial charge >= 0.3 is 0 Å². The molecule has 1 amide bonds. The van der Waals surface area contributed by atoms with Crippen LogP contribution < -0.4 is 10.1 Å². The molecule has 0 aliphatic carbocycles. The van der Waals surface area contributed by atoms with Crippen molar-refractivity contribution in [3.05, 3.63) is 53.3 Å². The van der Waals surface area contributed by atoms with E-state index < -0.39 is 21.7 Å². The lowest BCUT2D eigenvalue weighted by Gasteiger charge is -2.34. The predicted molar refractivity (Wildman–Crippen MR) is 114 cm³/mol. The van der Waals surface area contributed by atoms with Crippen LogP contribution in [0.4, 0.5) is 10.1 Å². The fraction of sp³-hybridized carbons (Fsp3) is 0.409. The first-order valence-corrected chi connectivity index (χ1v) is 11.5. The molecule has 1 N–H and O–H groups in total. The zero-order valence-corrected chi connectivity index (χ0v) is 18.3. The number of halogens is 1. The Balaban J connectivity index is 1.93. The van der Waals surface area contributed by atoms with E-state index >= 15 is 0 Å². The molecule has 3 rings (SSSR count). The molecule has 0 saturated carbocycles. The fourth-order valence-electron chi connectivity index (χ4n) is 3.78. The molecule has 0 aromatic heterocycles. The van der Waals surface area contributed by atoms with Crippen molar-refractivity contribution in [2.75, 3.05) is 19.0 Å². The highest BCUT2D eigenvalue weighted by molar-refractivity contribution is 7.89. The van der Waals surface area contributed by atoms with E-state index in [2.05, 4.69) is 5.32 Å². The first-order valence-electron chi connectivity index (χ1n) is 10.0. The van der Waals surface area contributed by atoms with E-state index in [-0.39, 0.29) is 16.5 Å². The number of rotatable bonds is 6. The van der Waals surface area contributed by atoms with Crippen molar-refractivity contribution in [1.29, 1.82) is 0 Å². The molecule has 1 fully saturated rings. The van der Waals surface area contributed by atoms with Gasteiger partial charge in [-0.15, -0.1) is 0 Å². The summed E-state index contributed by atoms with van der Waals surface area (Å²) in [5.41, 5.74) is 0.945. The maximum atomic E-state index is 14.5. The van der Waals surface area contributed by atoms with Crippen molar-refractivity contribution in [1.82, 2.24) is 4.31 Å². The quantitative estimate of drug-likeness (QED) is 0.734. The summed E-state index contributed by atoms with van der Waals surface area (Å²) >= 11 is 0. The van der Waals surface area contributed by atoms with Gasteiger partial charge in [0.2, 0.25) is 10.0 Å². The Morgan fingerprint density at radius 2 is 2.00 bits per heavy atom. The molecule has 2 aromatic rings. The SMILES string of the molecule is CC[C@H]1CCCCN1S(=O)(=O)c1ccc(F)c(C(=O)Nc2cc(C)ccc2OC)c1. The zero-order chi connectivity index (χ0) is 21.9. The molecule has 1 heterocycles. The number of nitrogens with one attached hydrogen (secondary N) is 1. The van der Waals surface area contributed by atoms with E-state index in [1.54, 1.807) is 12.1 Å². The minimum atomic E-state index is -3.83. The van der Waals surface area contributed by atoms with E-state index in [1.165, 1.54) is 17.5 Å². The van der Waals surface area contributed by atoms with E-state index in [9.17, 15) is 17.6 Å². The van der Waals surface area contributed by atoms with Crippen molar-refractivity contribution in [2.45, 2.75) is 50.5 Å². The Kier molecular flexibility index (Phi) is 6.77. The van der Waals surface area contributed by atoms with E-state index in [1.807, 2.05) is 19.9 Å². The lowest BCUT2D eigenvalue weighted by molar-refractivity contribution is 0.102. The average Bonchev–Trinajstić information content (AvgIpc) is 2.74. The van der Waals surface area contributed by atoms with Crippen molar-refractivity contribution in [3.63, 3.8) is 0 Å². The van der Waals surface area contributed by atoms with Gasteiger partial charge in [-0.1, -0.05) is 19.4 Å². The summed E-state index contributed by atoms with van der Waals surface area (Å²) in [5.74, 6) is -1.10. The van der Waals surface area contributed by atoms with Crippen LogP contribution in [0.3, 0.4) is 0 Å². The maximum Gasteiger partial charge on any atom is 0.258 e. The summed E-state index contributed by atoms with van der Waals surface area (Å²) < 4.78 is 47.6. The van der Waals surface area contributed by atoms with Crippen LogP contribution in [-0.4, -0.2) is 38.3 Å². The lowest BCUT2D eigenvalue weighted by Crippen LogP contribution is -2.43. The molecule has 0 radical (unpaired) electrons. The van der Waals surface area contributed by atoms with Gasteiger partial charge in [-0.3, -0.25) is 4.79 Å². The van der Waals surface area contributed by atoms with E-state index in [0.717, 1.165) is 37.0 Å². The number of amides is 1. The van der Waals surface area contributed by atoms with Gasteiger partial charge < -0.3 is 10.1 Å². The first kappa shape index (κ1) is 22.2. The number of anilines is 1. The minimum Gasteiger partial charge on any atom is -0.495 e. The maximum absolute atomic E-state index is 14.5. The van der Waals surface area contributed by atoms with Crippen molar-refractivity contribution in [2.24, 2.45) is 0 Å². The van der Waals surface area contributed by atoms with Crippen molar-refractivity contribution < 1.29 is 22.3 Å². The zero-order valence-electron chi connectivity index (χ0n) is 17.4. The van der Waals surface area contributed by atoms with Crippen LogP contribution in [-0.2, 0) is 10.0 Å². The first-order chi connectivity index (χ1) is 14.3. The van der Waals surface area contributed by atoms with Gasteiger partial charge in [0.15, 0.2) is 0 Å². The van der Waals surface area contributed by atoms with Gasteiger partial charge in [0, 0.05) is 12.6 Å². The number of sulfonamides is 1. The molecule has 0 unspecified atom stereocenters. The third-order valence-corrected chi connectivity index (χ3v) is 7.38. The average molecular weight is 435 g/mol. The van der Waals surface area contributed by atoms with Crippen LogP contribution in [0.2, 0.25) is 0 Å². The van der Waals surface area contributed by atoms with E-state index in [4.69, 9.17) is 4.74 Å². The Bertz CT molecular complexity index is 1040. The second-order valence-corrected chi connectivity index (χ2v) is 9.36. The Morgan fingerprint density at radius 1 is 1.23 bits per heavy atom. The second kappa shape index (κ2) is 9.14. The monoisotopic (exact) mass is 434 g/mol. The van der Waals surface area contributed by atoms with Crippen LogP contribution in [0.15, 0.2) is 41.3 Å². The van der Waals surface area contributed by atoms with Crippen molar-refractivity contribution >= 4 is 21.6 Å². The van der Waals surface area contributed by atoms with Crippen LogP contribution in [0, 0.1) is 12.7 Å². The molecule has 1 saturated heterocycles. The smallest absolute Gasteiger partial charge is 0.258 e. The number of aryl methyl sites for hydroxylation is 1. The summed E-state index contributed by atoms with van der Waals surface area (Å²) in [7, 11) is -2.36. The summed E-state index contributed by atoms with van der Waals surface area (Å²) in [5, 5.41) is 2.63. The molecule has 2 aromatic carbocycles. The third-order valence-electron chi connectivity index (χ3n) is 5.44. The van der Waals surface area contributed by atoms with Crippen LogP contribution in [0.25, 0.3) is 0 Å². The normalized spacial score (nSPS) is 17.5. The number of piperidine rings is 1. The summed E-state index contributed by atoms with van der Waals surface area (Å²) in [4.78, 5) is 12.7. The second-order valence-electron chi connectivity index (χ2n) is 7.47. The van der Waals surface area contributed by atoms with Crippen LogP contribution in [0.1, 0.15) is 48.5 Å². The highest BCUT2D eigenvalue weighted by Gasteiger charge is 2.33.